The van der Waals surface area contributed by atoms with Crippen molar-refractivity contribution >= 4 is 10.0 Å². The molecule has 0 spiro atoms. The normalized spacial score (nSPS) is 16.6. The first kappa shape index (κ1) is 16.2. The Balaban J connectivity index is 2.30. The van der Waals surface area contributed by atoms with Crippen molar-refractivity contribution in [2.45, 2.75) is 44.7 Å². The maximum atomic E-state index is 12.8. The number of rotatable bonds is 5. The molecule has 1 aliphatic rings. The Bertz CT molecular complexity index is 621. The Labute approximate surface area is 127 Å². The Morgan fingerprint density at radius 2 is 2.05 bits per heavy atom. The highest BCUT2D eigenvalue weighted by Gasteiger charge is 2.26. The first-order valence-electron chi connectivity index (χ1n) is 7.40. The van der Waals surface area contributed by atoms with Crippen molar-refractivity contribution in [3.05, 3.63) is 41.5 Å². The fourth-order valence-corrected chi connectivity index (χ4v) is 4.10. The summed E-state index contributed by atoms with van der Waals surface area (Å²) in [5, 5.41) is 3.34. The molecule has 1 aromatic rings. The van der Waals surface area contributed by atoms with Gasteiger partial charge in [-0.25, -0.2) is 8.42 Å². The molecule has 0 bridgehead atoms. The zero-order valence-electron chi connectivity index (χ0n) is 13.0. The van der Waals surface area contributed by atoms with Crippen LogP contribution in [0.25, 0.3) is 0 Å². The topological polar surface area (TPSA) is 49.4 Å². The van der Waals surface area contributed by atoms with Gasteiger partial charge in [0, 0.05) is 25.7 Å². The third-order valence-corrected chi connectivity index (χ3v) is 5.75. The van der Waals surface area contributed by atoms with E-state index in [1.807, 2.05) is 31.2 Å². The SMILES string of the molecule is Cc1c(CNC(C)C)cccc1S(=O)(=O)N1CC=CCC1. The van der Waals surface area contributed by atoms with Gasteiger partial charge in [-0.1, -0.05) is 38.1 Å². The van der Waals surface area contributed by atoms with Crippen LogP contribution in [0, 0.1) is 6.92 Å². The molecule has 0 atom stereocenters. The van der Waals surface area contributed by atoms with E-state index in [0.717, 1.165) is 17.5 Å². The van der Waals surface area contributed by atoms with Gasteiger partial charge in [-0.15, -0.1) is 0 Å². The predicted molar refractivity (Wildman–Crippen MR) is 85.7 cm³/mol. The number of nitrogens with zero attached hydrogens (tertiary/aromatic N) is 1. The van der Waals surface area contributed by atoms with Gasteiger partial charge >= 0.3 is 0 Å². The van der Waals surface area contributed by atoms with Crippen LogP contribution < -0.4 is 5.32 Å². The Morgan fingerprint density at radius 1 is 1.29 bits per heavy atom. The Kier molecular flexibility index (Phi) is 5.19. The highest BCUT2D eigenvalue weighted by molar-refractivity contribution is 7.89. The molecule has 4 nitrogen and oxygen atoms in total. The van der Waals surface area contributed by atoms with E-state index in [2.05, 4.69) is 19.2 Å². The molecule has 1 heterocycles. The number of hydrogen-bond acceptors (Lipinski definition) is 3. The monoisotopic (exact) mass is 308 g/mol. The first-order valence-corrected chi connectivity index (χ1v) is 8.84. The minimum Gasteiger partial charge on any atom is -0.310 e. The summed E-state index contributed by atoms with van der Waals surface area (Å²) in [6.45, 7) is 7.77. The molecule has 0 radical (unpaired) electrons. The van der Waals surface area contributed by atoms with Crippen molar-refractivity contribution in [2.24, 2.45) is 0 Å². The van der Waals surface area contributed by atoms with E-state index in [1.165, 1.54) is 0 Å². The molecule has 0 unspecified atom stereocenters. The van der Waals surface area contributed by atoms with E-state index in [0.29, 0.717) is 30.6 Å². The van der Waals surface area contributed by atoms with Gasteiger partial charge in [0.1, 0.15) is 0 Å². The van der Waals surface area contributed by atoms with E-state index < -0.39 is 10.0 Å². The van der Waals surface area contributed by atoms with Gasteiger partial charge in [-0.05, 0) is 30.5 Å². The number of benzene rings is 1. The molecule has 0 saturated carbocycles. The van der Waals surface area contributed by atoms with Crippen molar-refractivity contribution in [3.63, 3.8) is 0 Å². The molecule has 1 aliphatic heterocycles. The van der Waals surface area contributed by atoms with Crippen LogP contribution in [-0.4, -0.2) is 31.9 Å². The van der Waals surface area contributed by atoms with Crippen LogP contribution in [0.5, 0.6) is 0 Å². The van der Waals surface area contributed by atoms with Crippen molar-refractivity contribution in [3.8, 4) is 0 Å². The summed E-state index contributed by atoms with van der Waals surface area (Å²) in [6, 6.07) is 5.90. The van der Waals surface area contributed by atoms with E-state index in [-0.39, 0.29) is 0 Å². The van der Waals surface area contributed by atoms with Crippen molar-refractivity contribution in [1.29, 1.82) is 0 Å². The van der Waals surface area contributed by atoms with Gasteiger partial charge in [-0.2, -0.15) is 4.31 Å². The zero-order chi connectivity index (χ0) is 15.5. The maximum absolute atomic E-state index is 12.8. The summed E-state index contributed by atoms with van der Waals surface area (Å²) in [6.07, 6.45) is 4.73. The number of sulfonamides is 1. The van der Waals surface area contributed by atoms with Gasteiger partial charge < -0.3 is 5.32 Å². The summed E-state index contributed by atoms with van der Waals surface area (Å²) >= 11 is 0. The number of nitrogens with one attached hydrogen (secondary N) is 1. The van der Waals surface area contributed by atoms with Gasteiger partial charge in [0.15, 0.2) is 0 Å². The highest BCUT2D eigenvalue weighted by Crippen LogP contribution is 2.24. The molecule has 0 aliphatic carbocycles. The lowest BCUT2D eigenvalue weighted by Gasteiger charge is -2.24. The first-order chi connectivity index (χ1) is 9.93. The highest BCUT2D eigenvalue weighted by atomic mass is 32.2. The van der Waals surface area contributed by atoms with E-state index in [4.69, 9.17) is 0 Å². The van der Waals surface area contributed by atoms with Gasteiger partial charge in [0.2, 0.25) is 10.0 Å². The molecule has 0 saturated heterocycles. The van der Waals surface area contributed by atoms with Crippen molar-refractivity contribution < 1.29 is 8.42 Å². The van der Waals surface area contributed by atoms with Crippen LogP contribution in [-0.2, 0) is 16.6 Å². The molecule has 1 aromatic carbocycles. The van der Waals surface area contributed by atoms with Gasteiger partial charge in [0.25, 0.3) is 0 Å². The Hall–Kier alpha value is -1.17. The summed E-state index contributed by atoms with van der Waals surface area (Å²) in [5.41, 5.74) is 1.89. The van der Waals surface area contributed by atoms with Crippen LogP contribution in [0.4, 0.5) is 0 Å². The second kappa shape index (κ2) is 6.73. The second-order valence-corrected chi connectivity index (χ2v) is 7.61. The average Bonchev–Trinajstić information content (AvgIpc) is 2.46. The minimum absolute atomic E-state index is 0.372. The van der Waals surface area contributed by atoms with Crippen LogP contribution in [0.15, 0.2) is 35.2 Å². The third-order valence-electron chi connectivity index (χ3n) is 3.74. The molecule has 0 fully saturated rings. The van der Waals surface area contributed by atoms with Crippen molar-refractivity contribution in [1.82, 2.24) is 9.62 Å². The van der Waals surface area contributed by atoms with E-state index >= 15 is 0 Å². The lowest BCUT2D eigenvalue weighted by Crippen LogP contribution is -2.34. The lowest BCUT2D eigenvalue weighted by molar-refractivity contribution is 0.437. The average molecular weight is 308 g/mol. The second-order valence-electron chi connectivity index (χ2n) is 5.70. The molecule has 21 heavy (non-hydrogen) atoms. The summed E-state index contributed by atoms with van der Waals surface area (Å²) < 4.78 is 27.1. The minimum atomic E-state index is -3.40. The molecular weight excluding hydrogens is 284 g/mol. The quantitative estimate of drug-likeness (QED) is 0.850. The van der Waals surface area contributed by atoms with Crippen LogP contribution in [0.1, 0.15) is 31.4 Å². The largest absolute Gasteiger partial charge is 0.310 e. The fourth-order valence-electron chi connectivity index (χ4n) is 2.42. The van der Waals surface area contributed by atoms with Gasteiger partial charge in [-0.3, -0.25) is 0 Å². The van der Waals surface area contributed by atoms with Gasteiger partial charge in [0.05, 0.1) is 4.90 Å². The molecule has 116 valence electrons. The van der Waals surface area contributed by atoms with E-state index in [9.17, 15) is 8.42 Å². The fraction of sp³-hybridized carbons (Fsp3) is 0.500. The molecule has 0 amide bonds. The molecular formula is C16H24N2O2S. The predicted octanol–water partition coefficient (Wildman–Crippen LogP) is 2.44. The molecule has 5 heteroatoms. The molecule has 0 aromatic heterocycles. The van der Waals surface area contributed by atoms with Crippen LogP contribution in [0.2, 0.25) is 0 Å². The summed E-state index contributed by atoms with van der Waals surface area (Å²) in [5.74, 6) is 0. The zero-order valence-corrected chi connectivity index (χ0v) is 13.8. The molecule has 1 N–H and O–H groups in total. The van der Waals surface area contributed by atoms with Crippen molar-refractivity contribution in [2.75, 3.05) is 13.1 Å². The van der Waals surface area contributed by atoms with Crippen LogP contribution >= 0.6 is 0 Å². The Morgan fingerprint density at radius 3 is 2.67 bits per heavy atom. The summed E-state index contributed by atoms with van der Waals surface area (Å²) in [7, 11) is -3.40. The maximum Gasteiger partial charge on any atom is 0.243 e. The summed E-state index contributed by atoms with van der Waals surface area (Å²) in [4.78, 5) is 0.431. The third kappa shape index (κ3) is 3.73. The number of hydrogen-bond donors (Lipinski definition) is 1. The lowest BCUT2D eigenvalue weighted by atomic mass is 10.1. The standard InChI is InChI=1S/C16H24N2O2S/c1-13(2)17-12-15-8-7-9-16(14(15)3)21(19,20)18-10-5-4-6-11-18/h4-5,7-9,13,17H,6,10-12H2,1-3H3. The molecule has 2 rings (SSSR count). The smallest absolute Gasteiger partial charge is 0.243 e. The van der Waals surface area contributed by atoms with E-state index in [1.54, 1.807) is 10.4 Å². The van der Waals surface area contributed by atoms with Crippen LogP contribution in [0.3, 0.4) is 0 Å².